The Kier molecular flexibility index (Phi) is 3.92. The van der Waals surface area contributed by atoms with E-state index in [0.717, 1.165) is 42.0 Å². The number of aryl methyl sites for hydroxylation is 2. The third-order valence-electron chi connectivity index (χ3n) is 4.39. The molecule has 2 atom stereocenters. The van der Waals surface area contributed by atoms with Crippen molar-refractivity contribution in [1.29, 1.82) is 0 Å². The van der Waals surface area contributed by atoms with E-state index in [0.29, 0.717) is 17.5 Å². The summed E-state index contributed by atoms with van der Waals surface area (Å²) in [6.07, 6.45) is 4.22. The topological polar surface area (TPSA) is 49.4 Å². The van der Waals surface area contributed by atoms with Crippen LogP contribution in [-0.4, -0.2) is 37.9 Å². The molecule has 4 nitrogen and oxygen atoms in total. The quantitative estimate of drug-likeness (QED) is 0.931. The molecule has 1 N–H and O–H groups in total. The van der Waals surface area contributed by atoms with Gasteiger partial charge in [0.2, 0.25) is 10.0 Å². The lowest BCUT2D eigenvalue weighted by molar-refractivity contribution is 0.322. The molecule has 0 bridgehead atoms. The maximum absolute atomic E-state index is 12.9. The van der Waals surface area contributed by atoms with Gasteiger partial charge in [0.1, 0.15) is 0 Å². The first-order valence-corrected chi connectivity index (χ1v) is 9.58. The summed E-state index contributed by atoms with van der Waals surface area (Å²) in [6, 6.07) is 2.31. The summed E-state index contributed by atoms with van der Waals surface area (Å²) >= 11 is 1.57. The third kappa shape index (κ3) is 2.43. The monoisotopic (exact) mass is 314 g/mol. The summed E-state index contributed by atoms with van der Waals surface area (Å²) in [5.41, 5.74) is 0. The fraction of sp³-hybridized carbons (Fsp3) is 0.714. The molecule has 0 aromatic carbocycles. The molecule has 1 aromatic rings. The van der Waals surface area contributed by atoms with E-state index in [1.807, 2.05) is 19.9 Å². The standard InChI is InChI=1S/C14H22N2O2S2/c1-10-9-14(11(2)19-10)20(17,18)16-8-4-6-13(16)12-5-3-7-15-12/h9,12-13,15H,3-8H2,1-2H3. The molecule has 2 aliphatic rings. The summed E-state index contributed by atoms with van der Waals surface area (Å²) < 4.78 is 27.6. The van der Waals surface area contributed by atoms with E-state index in [4.69, 9.17) is 0 Å². The Morgan fingerprint density at radius 1 is 1.30 bits per heavy atom. The van der Waals surface area contributed by atoms with Crippen LogP contribution in [0.5, 0.6) is 0 Å². The zero-order chi connectivity index (χ0) is 14.3. The average Bonchev–Trinajstić information content (AvgIpc) is 3.06. The molecule has 0 spiro atoms. The van der Waals surface area contributed by atoms with Gasteiger partial charge in [-0.3, -0.25) is 0 Å². The van der Waals surface area contributed by atoms with Crippen LogP contribution in [0.25, 0.3) is 0 Å². The molecule has 3 heterocycles. The molecule has 2 aliphatic heterocycles. The van der Waals surface area contributed by atoms with Crippen molar-refractivity contribution in [3.8, 4) is 0 Å². The van der Waals surface area contributed by atoms with Gasteiger partial charge in [-0.1, -0.05) is 0 Å². The smallest absolute Gasteiger partial charge is 0.244 e. The van der Waals surface area contributed by atoms with E-state index in [9.17, 15) is 8.42 Å². The molecular weight excluding hydrogens is 292 g/mol. The normalized spacial score (nSPS) is 28.3. The van der Waals surface area contributed by atoms with E-state index in [1.165, 1.54) is 0 Å². The second kappa shape index (κ2) is 5.40. The molecule has 0 saturated carbocycles. The third-order valence-corrected chi connectivity index (χ3v) is 7.54. The Morgan fingerprint density at radius 2 is 2.10 bits per heavy atom. The van der Waals surface area contributed by atoms with Gasteiger partial charge in [0.25, 0.3) is 0 Å². The van der Waals surface area contributed by atoms with Gasteiger partial charge in [0.05, 0.1) is 4.90 Å². The zero-order valence-electron chi connectivity index (χ0n) is 12.1. The minimum atomic E-state index is -3.33. The largest absolute Gasteiger partial charge is 0.312 e. The Labute approximate surface area is 125 Å². The second-order valence-corrected chi connectivity index (χ2v) is 9.13. The Hall–Kier alpha value is -0.430. The van der Waals surface area contributed by atoms with E-state index >= 15 is 0 Å². The van der Waals surface area contributed by atoms with Crippen molar-refractivity contribution < 1.29 is 8.42 Å². The molecule has 112 valence electrons. The van der Waals surface area contributed by atoms with Crippen LogP contribution in [0.2, 0.25) is 0 Å². The number of thiophene rings is 1. The number of hydrogen-bond donors (Lipinski definition) is 1. The number of nitrogens with zero attached hydrogens (tertiary/aromatic N) is 1. The molecular formula is C14H22N2O2S2. The summed E-state index contributed by atoms with van der Waals surface area (Å²) in [5, 5.41) is 3.47. The van der Waals surface area contributed by atoms with Crippen LogP contribution in [0.4, 0.5) is 0 Å². The van der Waals surface area contributed by atoms with Gasteiger partial charge < -0.3 is 5.32 Å². The lowest BCUT2D eigenvalue weighted by Gasteiger charge is -2.28. The average molecular weight is 314 g/mol. The molecule has 0 aliphatic carbocycles. The maximum Gasteiger partial charge on any atom is 0.244 e. The predicted molar refractivity (Wildman–Crippen MR) is 81.7 cm³/mol. The predicted octanol–water partition coefficient (Wildman–Crippen LogP) is 2.27. The number of nitrogens with one attached hydrogen (secondary N) is 1. The fourth-order valence-corrected chi connectivity index (χ4v) is 6.75. The molecule has 2 fully saturated rings. The Balaban J connectivity index is 1.91. The molecule has 6 heteroatoms. The zero-order valence-corrected chi connectivity index (χ0v) is 13.7. The molecule has 3 rings (SSSR count). The number of hydrogen-bond acceptors (Lipinski definition) is 4. The minimum absolute atomic E-state index is 0.141. The van der Waals surface area contributed by atoms with E-state index in [2.05, 4.69) is 5.32 Å². The van der Waals surface area contributed by atoms with Gasteiger partial charge in [0.15, 0.2) is 0 Å². The van der Waals surface area contributed by atoms with Crippen LogP contribution < -0.4 is 5.32 Å². The second-order valence-electron chi connectivity index (χ2n) is 5.81. The summed E-state index contributed by atoms with van der Waals surface area (Å²) in [5.74, 6) is 0. The van der Waals surface area contributed by atoms with Crippen molar-refractivity contribution in [2.45, 2.75) is 56.5 Å². The summed E-state index contributed by atoms with van der Waals surface area (Å²) in [7, 11) is -3.33. The van der Waals surface area contributed by atoms with Crippen molar-refractivity contribution in [3.05, 3.63) is 15.8 Å². The first-order chi connectivity index (χ1) is 9.50. The van der Waals surface area contributed by atoms with Crippen molar-refractivity contribution in [1.82, 2.24) is 9.62 Å². The van der Waals surface area contributed by atoms with Crippen molar-refractivity contribution >= 4 is 21.4 Å². The van der Waals surface area contributed by atoms with Gasteiger partial charge >= 0.3 is 0 Å². The van der Waals surface area contributed by atoms with Gasteiger partial charge in [-0.05, 0) is 52.1 Å². The van der Waals surface area contributed by atoms with Crippen LogP contribution in [0, 0.1) is 13.8 Å². The van der Waals surface area contributed by atoms with Gasteiger partial charge in [-0.2, -0.15) is 4.31 Å². The van der Waals surface area contributed by atoms with Gasteiger partial charge in [0, 0.05) is 28.4 Å². The molecule has 0 radical (unpaired) electrons. The van der Waals surface area contributed by atoms with Crippen molar-refractivity contribution in [3.63, 3.8) is 0 Å². The highest BCUT2D eigenvalue weighted by molar-refractivity contribution is 7.89. The summed E-state index contributed by atoms with van der Waals surface area (Å²) in [6.45, 7) is 5.56. The highest BCUT2D eigenvalue weighted by atomic mass is 32.2. The Morgan fingerprint density at radius 3 is 2.70 bits per heavy atom. The highest BCUT2D eigenvalue weighted by Crippen LogP contribution is 2.34. The molecule has 0 amide bonds. The minimum Gasteiger partial charge on any atom is -0.312 e. The number of sulfonamides is 1. The Bertz CT molecular complexity index is 588. The number of rotatable bonds is 3. The maximum atomic E-state index is 12.9. The van der Waals surface area contributed by atoms with Crippen LogP contribution in [-0.2, 0) is 10.0 Å². The lowest BCUT2D eigenvalue weighted by Crippen LogP contribution is -2.46. The SMILES string of the molecule is Cc1cc(S(=O)(=O)N2CCCC2C2CCCN2)c(C)s1. The van der Waals surface area contributed by atoms with Crippen molar-refractivity contribution in [2.75, 3.05) is 13.1 Å². The molecule has 1 aromatic heterocycles. The van der Waals surface area contributed by atoms with Crippen molar-refractivity contribution in [2.24, 2.45) is 0 Å². The van der Waals surface area contributed by atoms with Gasteiger partial charge in [-0.15, -0.1) is 11.3 Å². The lowest BCUT2D eigenvalue weighted by atomic mass is 10.1. The van der Waals surface area contributed by atoms with Gasteiger partial charge in [-0.25, -0.2) is 8.42 Å². The molecule has 2 saturated heterocycles. The first kappa shape index (κ1) is 14.5. The van der Waals surface area contributed by atoms with Crippen LogP contribution in [0.1, 0.15) is 35.4 Å². The summed E-state index contributed by atoms with van der Waals surface area (Å²) in [4.78, 5) is 2.49. The molecule has 2 unspecified atom stereocenters. The molecule has 20 heavy (non-hydrogen) atoms. The van der Waals surface area contributed by atoms with E-state index < -0.39 is 10.0 Å². The highest BCUT2D eigenvalue weighted by Gasteiger charge is 2.41. The first-order valence-electron chi connectivity index (χ1n) is 7.32. The fourth-order valence-electron chi connectivity index (χ4n) is 3.50. The van der Waals surface area contributed by atoms with Crippen LogP contribution in [0.15, 0.2) is 11.0 Å². The van der Waals surface area contributed by atoms with Crippen LogP contribution >= 0.6 is 11.3 Å². The van der Waals surface area contributed by atoms with E-state index in [-0.39, 0.29) is 6.04 Å². The van der Waals surface area contributed by atoms with Crippen LogP contribution in [0.3, 0.4) is 0 Å². The van der Waals surface area contributed by atoms with E-state index in [1.54, 1.807) is 15.6 Å².